The van der Waals surface area contributed by atoms with Crippen molar-refractivity contribution < 1.29 is 4.74 Å². The Balaban J connectivity index is 1.94. The third-order valence-electron chi connectivity index (χ3n) is 2.12. The number of hydrogen-bond donors (Lipinski definition) is 3. The van der Waals surface area contributed by atoms with Crippen LogP contribution in [0.2, 0.25) is 5.02 Å². The maximum atomic E-state index is 5.87. The van der Waals surface area contributed by atoms with Crippen molar-refractivity contribution in [3.63, 3.8) is 0 Å². The number of hydrogen-bond acceptors (Lipinski definition) is 5. The molecular formula is C10H13ClN4O. The van der Waals surface area contributed by atoms with E-state index in [0.717, 1.165) is 18.9 Å². The second-order valence-corrected chi connectivity index (χ2v) is 3.76. The fourth-order valence-corrected chi connectivity index (χ4v) is 1.45. The topological polar surface area (TPSA) is 71.7 Å². The Morgan fingerprint density at radius 2 is 2.38 bits per heavy atom. The maximum absolute atomic E-state index is 5.87. The van der Waals surface area contributed by atoms with E-state index in [9.17, 15) is 0 Å². The zero-order valence-electron chi connectivity index (χ0n) is 8.66. The van der Waals surface area contributed by atoms with Crippen LogP contribution < -0.4 is 21.3 Å². The molecule has 1 heterocycles. The molecule has 1 aromatic carbocycles. The van der Waals surface area contributed by atoms with E-state index in [2.05, 4.69) is 15.8 Å². The van der Waals surface area contributed by atoms with Crippen LogP contribution in [0.1, 0.15) is 0 Å². The summed E-state index contributed by atoms with van der Waals surface area (Å²) in [6.07, 6.45) is 0. The Labute approximate surface area is 98.6 Å². The van der Waals surface area contributed by atoms with Gasteiger partial charge in [0.15, 0.2) is 0 Å². The molecule has 16 heavy (non-hydrogen) atoms. The van der Waals surface area contributed by atoms with E-state index in [1.165, 1.54) is 0 Å². The van der Waals surface area contributed by atoms with Gasteiger partial charge in [-0.25, -0.2) is 5.43 Å². The van der Waals surface area contributed by atoms with Crippen molar-refractivity contribution in [1.29, 1.82) is 0 Å². The van der Waals surface area contributed by atoms with Crippen LogP contribution in [0.5, 0.6) is 5.75 Å². The van der Waals surface area contributed by atoms with E-state index in [4.69, 9.17) is 22.1 Å². The molecule has 0 unspecified atom stereocenters. The third kappa shape index (κ3) is 2.77. The molecule has 86 valence electrons. The minimum absolute atomic E-state index is 0.382. The molecular weight excluding hydrogens is 228 g/mol. The fourth-order valence-electron chi connectivity index (χ4n) is 1.28. The molecule has 0 atom stereocenters. The van der Waals surface area contributed by atoms with Crippen molar-refractivity contribution in [3.05, 3.63) is 23.2 Å². The summed E-state index contributed by atoms with van der Waals surface area (Å²) in [7, 11) is 0. The van der Waals surface area contributed by atoms with Crippen LogP contribution in [0.15, 0.2) is 23.2 Å². The second kappa shape index (κ2) is 5.05. The first-order valence-corrected chi connectivity index (χ1v) is 5.33. The highest BCUT2D eigenvalue weighted by molar-refractivity contribution is 6.33. The van der Waals surface area contributed by atoms with Gasteiger partial charge in [0.25, 0.3) is 0 Å². The molecule has 0 fully saturated rings. The van der Waals surface area contributed by atoms with Gasteiger partial charge in [0.1, 0.15) is 18.2 Å². The molecule has 1 aromatic rings. The van der Waals surface area contributed by atoms with Crippen molar-refractivity contribution in [2.24, 2.45) is 4.99 Å². The van der Waals surface area contributed by atoms with E-state index in [-0.39, 0.29) is 0 Å². The lowest BCUT2D eigenvalue weighted by atomic mass is 10.3. The highest BCUT2D eigenvalue weighted by atomic mass is 35.5. The lowest BCUT2D eigenvalue weighted by Gasteiger charge is -2.16. The summed E-state index contributed by atoms with van der Waals surface area (Å²) in [6, 6.07) is 5.18. The summed E-state index contributed by atoms with van der Waals surface area (Å²) in [5.74, 6) is 1.45. The molecule has 0 amide bonds. The molecule has 0 aromatic heterocycles. The Morgan fingerprint density at radius 1 is 1.50 bits per heavy atom. The number of aliphatic imine (C=N–C) groups is 1. The van der Waals surface area contributed by atoms with Crippen LogP contribution in [-0.4, -0.2) is 25.5 Å². The van der Waals surface area contributed by atoms with Gasteiger partial charge in [-0.05, 0) is 12.1 Å². The number of hydrazine groups is 1. The predicted molar refractivity (Wildman–Crippen MR) is 64.8 cm³/mol. The van der Waals surface area contributed by atoms with E-state index in [1.54, 1.807) is 18.2 Å². The van der Waals surface area contributed by atoms with Gasteiger partial charge in [0, 0.05) is 12.6 Å². The zero-order valence-corrected chi connectivity index (χ0v) is 9.42. The first-order valence-electron chi connectivity index (χ1n) is 4.96. The van der Waals surface area contributed by atoms with Crippen molar-refractivity contribution in [1.82, 2.24) is 10.9 Å². The van der Waals surface area contributed by atoms with Crippen molar-refractivity contribution in [3.8, 4) is 5.75 Å². The molecule has 4 N–H and O–H groups in total. The lowest BCUT2D eigenvalue weighted by Crippen LogP contribution is -2.45. The van der Waals surface area contributed by atoms with Gasteiger partial charge >= 0.3 is 0 Å². The largest absolute Gasteiger partial charge is 0.486 e. The summed E-state index contributed by atoms with van der Waals surface area (Å²) >= 11 is 5.87. The second-order valence-electron chi connectivity index (χ2n) is 3.35. The zero-order chi connectivity index (χ0) is 11.4. The van der Waals surface area contributed by atoms with Gasteiger partial charge in [0.2, 0.25) is 0 Å². The first kappa shape index (κ1) is 11.0. The monoisotopic (exact) mass is 240 g/mol. The van der Waals surface area contributed by atoms with Crippen LogP contribution in [-0.2, 0) is 0 Å². The van der Waals surface area contributed by atoms with Crippen molar-refractivity contribution in [2.75, 3.05) is 25.4 Å². The Hall–Kier alpha value is -1.46. The normalized spacial score (nSPS) is 15.2. The Bertz CT molecular complexity index is 408. The molecule has 0 saturated carbocycles. The van der Waals surface area contributed by atoms with Crippen LogP contribution in [0, 0.1) is 0 Å². The summed E-state index contributed by atoms with van der Waals surface area (Å²) in [5, 5.41) is 0.495. The highest BCUT2D eigenvalue weighted by Crippen LogP contribution is 2.23. The van der Waals surface area contributed by atoms with Crippen molar-refractivity contribution in [2.45, 2.75) is 0 Å². The quantitative estimate of drug-likeness (QED) is 0.684. The Morgan fingerprint density at radius 3 is 3.06 bits per heavy atom. The van der Waals surface area contributed by atoms with E-state index < -0.39 is 0 Å². The average Bonchev–Trinajstić information content (AvgIpc) is 2.32. The molecule has 0 radical (unpaired) electrons. The van der Waals surface area contributed by atoms with Crippen LogP contribution in [0.4, 0.5) is 5.69 Å². The molecule has 0 saturated heterocycles. The summed E-state index contributed by atoms with van der Waals surface area (Å²) in [5.41, 5.74) is 12.1. The number of halogens is 1. The lowest BCUT2D eigenvalue weighted by molar-refractivity contribution is 0.366. The first-order chi connectivity index (χ1) is 7.75. The number of rotatable bonds is 3. The molecule has 0 bridgehead atoms. The van der Waals surface area contributed by atoms with Crippen LogP contribution in [0.3, 0.4) is 0 Å². The van der Waals surface area contributed by atoms with E-state index >= 15 is 0 Å². The number of nitrogen functional groups attached to an aromatic ring is 1. The number of nitrogens with one attached hydrogen (secondary N) is 2. The summed E-state index contributed by atoms with van der Waals surface area (Å²) in [4.78, 5) is 4.24. The van der Waals surface area contributed by atoms with Gasteiger partial charge < -0.3 is 15.9 Å². The van der Waals surface area contributed by atoms with Gasteiger partial charge in [-0.1, -0.05) is 11.6 Å². The summed E-state index contributed by atoms with van der Waals surface area (Å²) < 4.78 is 5.51. The molecule has 0 spiro atoms. The summed E-state index contributed by atoms with van der Waals surface area (Å²) in [6.45, 7) is 1.97. The number of amidine groups is 1. The van der Waals surface area contributed by atoms with E-state index in [1.807, 2.05) is 0 Å². The number of benzene rings is 1. The standard InChI is InChI=1S/C10H13ClN4O/c11-8-5-7(1-2-9(8)12)16-6-10-13-3-4-14-15-10/h1-2,5,14H,3-4,6,12H2,(H,13,15). The van der Waals surface area contributed by atoms with Crippen LogP contribution >= 0.6 is 11.6 Å². The molecule has 0 aliphatic carbocycles. The fraction of sp³-hybridized carbons (Fsp3) is 0.300. The number of nitrogens with two attached hydrogens (primary N) is 1. The van der Waals surface area contributed by atoms with Crippen LogP contribution in [0.25, 0.3) is 0 Å². The van der Waals surface area contributed by atoms with Gasteiger partial charge in [-0.2, -0.15) is 0 Å². The molecule has 5 nitrogen and oxygen atoms in total. The van der Waals surface area contributed by atoms with E-state index in [0.29, 0.717) is 23.1 Å². The third-order valence-corrected chi connectivity index (χ3v) is 2.45. The smallest absolute Gasteiger partial charge is 0.149 e. The average molecular weight is 241 g/mol. The molecule has 2 rings (SSSR count). The van der Waals surface area contributed by atoms with Gasteiger partial charge in [-0.3, -0.25) is 4.99 Å². The predicted octanol–water partition coefficient (Wildman–Crippen LogP) is 0.807. The SMILES string of the molecule is Nc1ccc(OCC2=NCCNN2)cc1Cl. The van der Waals surface area contributed by atoms with Gasteiger partial charge in [-0.15, -0.1) is 0 Å². The molecule has 1 aliphatic rings. The molecule has 6 heteroatoms. The number of nitrogens with zero attached hydrogens (tertiary/aromatic N) is 1. The maximum Gasteiger partial charge on any atom is 0.149 e. The Kier molecular flexibility index (Phi) is 3.48. The number of ether oxygens (including phenoxy) is 1. The van der Waals surface area contributed by atoms with Crippen molar-refractivity contribution >= 4 is 23.1 Å². The highest BCUT2D eigenvalue weighted by Gasteiger charge is 2.05. The molecule has 1 aliphatic heterocycles. The minimum Gasteiger partial charge on any atom is -0.486 e. The van der Waals surface area contributed by atoms with Gasteiger partial charge in [0.05, 0.1) is 17.3 Å². The number of anilines is 1. The minimum atomic E-state index is 0.382.